The fourth-order valence-corrected chi connectivity index (χ4v) is 2.97. The first-order chi connectivity index (χ1) is 9.45. The highest BCUT2D eigenvalue weighted by Gasteiger charge is 2.29. The molecule has 2 N–H and O–H groups in total. The number of nitrogens with zero attached hydrogens (tertiary/aromatic N) is 2. The van der Waals surface area contributed by atoms with Gasteiger partial charge in [-0.05, 0) is 52.4 Å². The Bertz CT molecular complexity index is 492. The quantitative estimate of drug-likeness (QED) is 0.833. The lowest BCUT2D eigenvalue weighted by Gasteiger charge is -2.22. The Balaban J connectivity index is 1.98. The Labute approximate surface area is 120 Å². The SMILES string of the molecule is COC(=O)C(C)(N)CCCn1c(C)nc2c1CCCC2. The third kappa shape index (κ3) is 3.03. The molecule has 0 radical (unpaired) electrons. The number of esters is 1. The minimum absolute atomic E-state index is 0.345. The van der Waals surface area contributed by atoms with E-state index in [-0.39, 0.29) is 5.97 Å². The predicted octanol–water partition coefficient (Wildman–Crippen LogP) is 1.74. The molecule has 1 atom stereocenters. The van der Waals surface area contributed by atoms with E-state index in [0.717, 1.165) is 31.6 Å². The summed E-state index contributed by atoms with van der Waals surface area (Å²) < 4.78 is 7.03. The van der Waals surface area contributed by atoms with Gasteiger partial charge in [0.25, 0.3) is 0 Å². The number of imidazole rings is 1. The maximum absolute atomic E-state index is 11.6. The van der Waals surface area contributed by atoms with Crippen LogP contribution in [0.5, 0.6) is 0 Å². The summed E-state index contributed by atoms with van der Waals surface area (Å²) in [4.78, 5) is 16.2. The summed E-state index contributed by atoms with van der Waals surface area (Å²) in [5.41, 5.74) is 7.73. The molecule has 0 saturated carbocycles. The van der Waals surface area contributed by atoms with Gasteiger partial charge in [-0.15, -0.1) is 0 Å². The smallest absolute Gasteiger partial charge is 0.325 e. The number of rotatable bonds is 5. The van der Waals surface area contributed by atoms with Gasteiger partial charge in [0, 0.05) is 12.2 Å². The van der Waals surface area contributed by atoms with E-state index in [2.05, 4.69) is 16.5 Å². The van der Waals surface area contributed by atoms with Crippen molar-refractivity contribution in [2.75, 3.05) is 7.11 Å². The zero-order chi connectivity index (χ0) is 14.8. The summed E-state index contributed by atoms with van der Waals surface area (Å²) in [6.45, 7) is 4.66. The van der Waals surface area contributed by atoms with Crippen molar-refractivity contribution in [2.24, 2.45) is 5.73 Å². The van der Waals surface area contributed by atoms with Crippen molar-refractivity contribution in [3.8, 4) is 0 Å². The van der Waals surface area contributed by atoms with E-state index in [9.17, 15) is 4.79 Å². The average Bonchev–Trinajstić information content (AvgIpc) is 2.74. The lowest BCUT2D eigenvalue weighted by atomic mass is 9.97. The fraction of sp³-hybridized carbons (Fsp3) is 0.733. The molecule has 1 aliphatic rings. The molecule has 0 bridgehead atoms. The number of hydrogen-bond donors (Lipinski definition) is 1. The number of fused-ring (bicyclic) bond motifs is 1. The number of carbonyl (C=O) groups is 1. The van der Waals surface area contributed by atoms with Crippen LogP contribution in [0.4, 0.5) is 0 Å². The Kier molecular flexibility index (Phi) is 4.48. The number of aryl methyl sites for hydroxylation is 2. The fourth-order valence-electron chi connectivity index (χ4n) is 2.97. The minimum Gasteiger partial charge on any atom is -0.468 e. The number of aromatic nitrogens is 2. The van der Waals surface area contributed by atoms with Gasteiger partial charge in [-0.2, -0.15) is 0 Å². The molecule has 0 fully saturated rings. The Morgan fingerprint density at radius 2 is 2.15 bits per heavy atom. The van der Waals surface area contributed by atoms with Crippen molar-refractivity contribution < 1.29 is 9.53 Å². The number of hydrogen-bond acceptors (Lipinski definition) is 4. The molecule has 1 aliphatic carbocycles. The van der Waals surface area contributed by atoms with Crippen molar-refractivity contribution in [1.29, 1.82) is 0 Å². The zero-order valence-corrected chi connectivity index (χ0v) is 12.7. The maximum Gasteiger partial charge on any atom is 0.325 e. The first-order valence-corrected chi connectivity index (χ1v) is 7.38. The van der Waals surface area contributed by atoms with Crippen LogP contribution in [0.25, 0.3) is 0 Å². The number of ether oxygens (including phenoxy) is 1. The maximum atomic E-state index is 11.6. The molecule has 0 saturated heterocycles. The van der Waals surface area contributed by atoms with Gasteiger partial charge in [0.15, 0.2) is 0 Å². The van der Waals surface area contributed by atoms with E-state index in [1.54, 1.807) is 6.92 Å². The molecule has 20 heavy (non-hydrogen) atoms. The molecule has 0 amide bonds. The highest BCUT2D eigenvalue weighted by molar-refractivity contribution is 5.79. The molecule has 1 unspecified atom stereocenters. The Hall–Kier alpha value is -1.36. The van der Waals surface area contributed by atoms with Crippen molar-refractivity contribution in [3.63, 3.8) is 0 Å². The second kappa shape index (κ2) is 5.95. The summed E-state index contributed by atoms with van der Waals surface area (Å²) >= 11 is 0. The molecule has 2 rings (SSSR count). The normalized spacial score (nSPS) is 17.4. The molecular formula is C15H25N3O2. The summed E-state index contributed by atoms with van der Waals surface area (Å²) in [7, 11) is 1.38. The van der Waals surface area contributed by atoms with E-state index < -0.39 is 5.54 Å². The van der Waals surface area contributed by atoms with Crippen LogP contribution in [-0.4, -0.2) is 28.2 Å². The van der Waals surface area contributed by atoms with E-state index >= 15 is 0 Å². The van der Waals surface area contributed by atoms with Crippen LogP contribution < -0.4 is 5.73 Å². The lowest BCUT2D eigenvalue weighted by molar-refractivity contribution is -0.146. The van der Waals surface area contributed by atoms with E-state index in [1.807, 2.05) is 0 Å². The number of carbonyl (C=O) groups excluding carboxylic acids is 1. The monoisotopic (exact) mass is 279 g/mol. The molecule has 1 aromatic rings. The number of nitrogens with two attached hydrogens (primary N) is 1. The summed E-state index contributed by atoms with van der Waals surface area (Å²) in [5, 5.41) is 0. The summed E-state index contributed by atoms with van der Waals surface area (Å²) in [6.07, 6.45) is 6.17. The summed E-state index contributed by atoms with van der Waals surface area (Å²) in [6, 6.07) is 0. The molecule has 0 spiro atoms. The molecule has 1 aromatic heterocycles. The van der Waals surface area contributed by atoms with Gasteiger partial charge in [-0.3, -0.25) is 4.79 Å². The zero-order valence-electron chi connectivity index (χ0n) is 12.7. The van der Waals surface area contributed by atoms with Gasteiger partial charge in [0.05, 0.1) is 12.8 Å². The number of methoxy groups -OCH3 is 1. The molecule has 5 heteroatoms. The van der Waals surface area contributed by atoms with Crippen LogP contribution in [0.2, 0.25) is 0 Å². The molecule has 0 aromatic carbocycles. The second-order valence-corrected chi connectivity index (χ2v) is 5.92. The topological polar surface area (TPSA) is 70.1 Å². The van der Waals surface area contributed by atoms with Crippen LogP contribution in [0.1, 0.15) is 49.8 Å². The summed E-state index contributed by atoms with van der Waals surface area (Å²) in [5.74, 6) is 0.732. The first-order valence-electron chi connectivity index (χ1n) is 7.38. The standard InChI is InChI=1S/C15H25N3O2/c1-11-17-12-7-4-5-8-13(12)18(11)10-6-9-15(2,16)14(19)20-3/h4-10,16H2,1-3H3. The predicted molar refractivity (Wildman–Crippen MR) is 77.4 cm³/mol. The van der Waals surface area contributed by atoms with Gasteiger partial charge in [-0.25, -0.2) is 4.98 Å². The van der Waals surface area contributed by atoms with Gasteiger partial charge < -0.3 is 15.0 Å². The van der Waals surface area contributed by atoms with Crippen LogP contribution in [0, 0.1) is 6.92 Å². The minimum atomic E-state index is -0.900. The molecule has 112 valence electrons. The lowest BCUT2D eigenvalue weighted by Crippen LogP contribution is -2.45. The van der Waals surface area contributed by atoms with Crippen molar-refractivity contribution >= 4 is 5.97 Å². The Morgan fingerprint density at radius 3 is 2.85 bits per heavy atom. The van der Waals surface area contributed by atoms with E-state index in [0.29, 0.717) is 6.42 Å². The highest BCUT2D eigenvalue weighted by Crippen LogP contribution is 2.23. The molecule has 0 aliphatic heterocycles. The van der Waals surface area contributed by atoms with Crippen molar-refractivity contribution in [3.05, 3.63) is 17.2 Å². The first kappa shape index (κ1) is 15.0. The van der Waals surface area contributed by atoms with Crippen molar-refractivity contribution in [2.45, 2.75) is 64.5 Å². The second-order valence-electron chi connectivity index (χ2n) is 5.92. The van der Waals surface area contributed by atoms with Crippen LogP contribution in [0.15, 0.2) is 0 Å². The largest absolute Gasteiger partial charge is 0.468 e. The third-order valence-electron chi connectivity index (χ3n) is 4.15. The highest BCUT2D eigenvalue weighted by atomic mass is 16.5. The average molecular weight is 279 g/mol. The third-order valence-corrected chi connectivity index (χ3v) is 4.15. The Morgan fingerprint density at radius 1 is 1.45 bits per heavy atom. The van der Waals surface area contributed by atoms with E-state index in [1.165, 1.54) is 31.3 Å². The van der Waals surface area contributed by atoms with Crippen molar-refractivity contribution in [1.82, 2.24) is 9.55 Å². The van der Waals surface area contributed by atoms with Gasteiger partial charge >= 0.3 is 5.97 Å². The molecule has 5 nitrogen and oxygen atoms in total. The van der Waals surface area contributed by atoms with Crippen LogP contribution in [0.3, 0.4) is 0 Å². The van der Waals surface area contributed by atoms with E-state index in [4.69, 9.17) is 10.5 Å². The van der Waals surface area contributed by atoms with Gasteiger partial charge in [-0.1, -0.05) is 0 Å². The van der Waals surface area contributed by atoms with Crippen LogP contribution in [-0.2, 0) is 28.9 Å². The molecule has 1 heterocycles. The molecular weight excluding hydrogens is 254 g/mol. The van der Waals surface area contributed by atoms with Gasteiger partial charge in [0.1, 0.15) is 11.4 Å². The van der Waals surface area contributed by atoms with Gasteiger partial charge in [0.2, 0.25) is 0 Å². The van der Waals surface area contributed by atoms with Crippen LogP contribution >= 0.6 is 0 Å².